The van der Waals surface area contributed by atoms with Crippen molar-refractivity contribution in [3.8, 4) is 0 Å². The molecule has 11 heavy (non-hydrogen) atoms. The van der Waals surface area contributed by atoms with Crippen LogP contribution in [0.1, 0.15) is 2.74 Å². The molecule has 58 valence electrons. The smallest absolute Gasteiger partial charge is 0.0874 e. The molecule has 0 spiro atoms. The summed E-state index contributed by atoms with van der Waals surface area (Å²) in [6, 6.07) is 5.26. The van der Waals surface area contributed by atoms with E-state index in [-0.39, 0.29) is 12.1 Å². The summed E-state index contributed by atoms with van der Waals surface area (Å²) >= 11 is 0. The third-order valence-corrected chi connectivity index (χ3v) is 0.956. The third-order valence-electron chi connectivity index (χ3n) is 0.956. The van der Waals surface area contributed by atoms with Gasteiger partial charge in [-0.05, 0) is 12.1 Å². The SMILES string of the molecule is [2H]c1cccc([2H])c1N=NN(C)C. The molecule has 3 heteroatoms. The van der Waals surface area contributed by atoms with Crippen LogP contribution in [0.3, 0.4) is 0 Å². The van der Waals surface area contributed by atoms with Gasteiger partial charge in [-0.1, -0.05) is 23.4 Å². The van der Waals surface area contributed by atoms with E-state index in [1.165, 1.54) is 5.01 Å². The van der Waals surface area contributed by atoms with E-state index in [0.29, 0.717) is 5.69 Å². The predicted molar refractivity (Wildman–Crippen MR) is 44.6 cm³/mol. The molecule has 0 atom stereocenters. The molecule has 1 aromatic carbocycles. The number of nitrogens with zero attached hydrogens (tertiary/aromatic N) is 3. The first-order chi connectivity index (χ1) is 6.11. The van der Waals surface area contributed by atoms with Crippen LogP contribution in [0.25, 0.3) is 0 Å². The van der Waals surface area contributed by atoms with Gasteiger partial charge in [0.1, 0.15) is 0 Å². The Bertz CT molecular complexity index is 303. The largest absolute Gasteiger partial charge is 0.285 e. The Morgan fingerprint density at radius 3 is 2.45 bits per heavy atom. The molecule has 0 unspecified atom stereocenters. The first-order valence-electron chi connectivity index (χ1n) is 4.26. The molecule has 0 aliphatic heterocycles. The minimum absolute atomic E-state index is 0.220. The third kappa shape index (κ3) is 2.80. The van der Waals surface area contributed by atoms with Crippen molar-refractivity contribution in [2.75, 3.05) is 14.1 Å². The normalized spacial score (nSPS) is 12.9. The molecule has 0 amide bonds. The highest BCUT2D eigenvalue weighted by molar-refractivity contribution is 5.34. The standard InChI is InChI=1S/C8H11N3/c1-11(2)10-9-8-6-4-3-5-7-8/h3-7H,1-2H3/i6D,7D. The number of rotatable bonds is 2. The van der Waals surface area contributed by atoms with Crippen molar-refractivity contribution in [1.29, 1.82) is 0 Å². The quantitative estimate of drug-likeness (QED) is 0.470. The van der Waals surface area contributed by atoms with Gasteiger partial charge < -0.3 is 0 Å². The van der Waals surface area contributed by atoms with E-state index in [0.717, 1.165) is 0 Å². The monoisotopic (exact) mass is 151 g/mol. The van der Waals surface area contributed by atoms with Gasteiger partial charge in [-0.15, -0.1) is 5.11 Å². The lowest BCUT2D eigenvalue weighted by Crippen LogP contribution is -1.98. The topological polar surface area (TPSA) is 28.0 Å². The van der Waals surface area contributed by atoms with E-state index in [1.54, 1.807) is 32.3 Å². The van der Waals surface area contributed by atoms with E-state index in [1.807, 2.05) is 0 Å². The fourth-order valence-electron chi connectivity index (χ4n) is 0.536. The molecular formula is C8H11N3. The Kier molecular flexibility index (Phi) is 1.78. The molecule has 0 bridgehead atoms. The highest BCUT2D eigenvalue weighted by Gasteiger charge is 1.83. The van der Waals surface area contributed by atoms with Gasteiger partial charge in [0.25, 0.3) is 0 Å². The summed E-state index contributed by atoms with van der Waals surface area (Å²) in [5, 5.41) is 9.04. The van der Waals surface area contributed by atoms with Gasteiger partial charge in [-0.25, -0.2) is 0 Å². The van der Waals surface area contributed by atoms with Crippen LogP contribution in [0, 0.1) is 0 Å². The van der Waals surface area contributed by atoms with E-state index >= 15 is 0 Å². The summed E-state index contributed by atoms with van der Waals surface area (Å²) in [5.41, 5.74) is 0.302. The molecule has 0 aliphatic carbocycles. The Balaban J connectivity index is 3.00. The summed E-state index contributed by atoms with van der Waals surface area (Å²) in [7, 11) is 3.47. The second-order valence-electron chi connectivity index (χ2n) is 2.20. The van der Waals surface area contributed by atoms with Crippen LogP contribution < -0.4 is 0 Å². The van der Waals surface area contributed by atoms with Gasteiger partial charge in [0.2, 0.25) is 0 Å². The van der Waals surface area contributed by atoms with Crippen molar-refractivity contribution in [2.45, 2.75) is 0 Å². The summed E-state index contributed by atoms with van der Waals surface area (Å²) in [4.78, 5) is 0. The molecule has 0 N–H and O–H groups in total. The lowest BCUT2D eigenvalue weighted by atomic mass is 10.3. The van der Waals surface area contributed by atoms with Gasteiger partial charge in [-0.3, -0.25) is 5.01 Å². The number of hydrogen-bond acceptors (Lipinski definition) is 2. The van der Waals surface area contributed by atoms with Crippen LogP contribution in [0.4, 0.5) is 5.69 Å². The average Bonchev–Trinajstić information content (AvgIpc) is 2.03. The summed E-state index contributed by atoms with van der Waals surface area (Å²) in [6.45, 7) is 0. The highest BCUT2D eigenvalue weighted by atomic mass is 15.5. The fourth-order valence-corrected chi connectivity index (χ4v) is 0.536. The zero-order valence-corrected chi connectivity index (χ0v) is 6.57. The minimum atomic E-state index is 0.220. The molecule has 1 rings (SSSR count). The highest BCUT2D eigenvalue weighted by Crippen LogP contribution is 2.09. The molecule has 0 saturated heterocycles. The summed E-state index contributed by atoms with van der Waals surface area (Å²) in [5.74, 6) is 0. The van der Waals surface area contributed by atoms with Crippen LogP contribution in [0.5, 0.6) is 0 Å². The molecule has 0 fully saturated rings. The Labute approximate surface area is 69.1 Å². The van der Waals surface area contributed by atoms with Gasteiger partial charge >= 0.3 is 0 Å². The molecule has 0 aromatic heterocycles. The van der Waals surface area contributed by atoms with Crippen LogP contribution in [-0.2, 0) is 0 Å². The molecule has 0 radical (unpaired) electrons. The van der Waals surface area contributed by atoms with Crippen molar-refractivity contribution < 1.29 is 2.74 Å². The zero-order chi connectivity index (χ0) is 9.84. The van der Waals surface area contributed by atoms with Crippen LogP contribution in [0.2, 0.25) is 0 Å². The van der Waals surface area contributed by atoms with Crippen molar-refractivity contribution in [3.05, 3.63) is 30.3 Å². The molecule has 0 aliphatic rings. The molecule has 1 aromatic rings. The summed E-state index contributed by atoms with van der Waals surface area (Å²) < 4.78 is 14.9. The maximum Gasteiger partial charge on any atom is 0.0874 e. The van der Waals surface area contributed by atoms with Crippen molar-refractivity contribution in [3.63, 3.8) is 0 Å². The zero-order valence-electron chi connectivity index (χ0n) is 8.57. The molecule has 3 nitrogen and oxygen atoms in total. The van der Waals surface area contributed by atoms with Crippen molar-refractivity contribution in [1.82, 2.24) is 5.01 Å². The Morgan fingerprint density at radius 2 is 1.91 bits per heavy atom. The van der Waals surface area contributed by atoms with E-state index in [4.69, 9.17) is 2.74 Å². The molecular weight excluding hydrogens is 138 g/mol. The molecule has 0 heterocycles. The lowest BCUT2D eigenvalue weighted by Gasteiger charge is -1.99. The maximum absolute atomic E-state index is 7.46. The second kappa shape index (κ2) is 3.71. The first-order valence-corrected chi connectivity index (χ1v) is 3.26. The van der Waals surface area contributed by atoms with Gasteiger partial charge in [0.05, 0.1) is 8.43 Å². The van der Waals surface area contributed by atoms with Crippen LogP contribution in [-0.4, -0.2) is 19.1 Å². The van der Waals surface area contributed by atoms with E-state index in [2.05, 4.69) is 10.3 Å². The van der Waals surface area contributed by atoms with E-state index in [9.17, 15) is 0 Å². The Hall–Kier alpha value is -1.38. The lowest BCUT2D eigenvalue weighted by molar-refractivity contribution is 0.408. The minimum Gasteiger partial charge on any atom is -0.285 e. The van der Waals surface area contributed by atoms with Crippen molar-refractivity contribution in [2.24, 2.45) is 10.3 Å². The number of hydrogen-bond donors (Lipinski definition) is 0. The number of benzene rings is 1. The van der Waals surface area contributed by atoms with Crippen molar-refractivity contribution >= 4 is 5.69 Å². The van der Waals surface area contributed by atoms with Crippen LogP contribution in [0.15, 0.2) is 40.6 Å². The molecule has 0 saturated carbocycles. The van der Waals surface area contributed by atoms with E-state index < -0.39 is 0 Å². The van der Waals surface area contributed by atoms with Gasteiger partial charge in [-0.2, -0.15) is 0 Å². The maximum atomic E-state index is 7.46. The van der Waals surface area contributed by atoms with Crippen LogP contribution >= 0.6 is 0 Å². The Morgan fingerprint density at radius 1 is 1.27 bits per heavy atom. The van der Waals surface area contributed by atoms with Gasteiger partial charge in [0.15, 0.2) is 0 Å². The van der Waals surface area contributed by atoms with Gasteiger partial charge in [0, 0.05) is 14.1 Å². The second-order valence-corrected chi connectivity index (χ2v) is 2.20. The summed E-state index contributed by atoms with van der Waals surface area (Å²) in [6.07, 6.45) is 0. The first kappa shape index (κ1) is 5.29. The predicted octanol–water partition coefficient (Wildman–Crippen LogP) is 2.25. The fraction of sp³-hybridized carbons (Fsp3) is 0.250. The average molecular weight is 151 g/mol.